The maximum Gasteiger partial charge on any atom is 0.240 e. The van der Waals surface area contributed by atoms with Crippen molar-refractivity contribution in [3.8, 4) is 5.75 Å². The summed E-state index contributed by atoms with van der Waals surface area (Å²) in [5.74, 6) is -0.478. The van der Waals surface area contributed by atoms with Gasteiger partial charge in [-0.05, 0) is 43.7 Å². The Labute approximate surface area is 194 Å². The molecule has 4 rings (SSSR count). The van der Waals surface area contributed by atoms with E-state index in [4.69, 9.17) is 4.74 Å². The SMILES string of the molecule is CC(=O)Nc1ccc2nc(NC(=O)CN3CC[C@](C)(O)[C@@H](Oc4cccc(F)c4)C3)sc2c1. The first-order valence-corrected chi connectivity index (χ1v) is 11.3. The van der Waals surface area contributed by atoms with Gasteiger partial charge in [-0.15, -0.1) is 0 Å². The molecule has 8 nitrogen and oxygen atoms in total. The number of halogens is 1. The minimum Gasteiger partial charge on any atom is -0.486 e. The molecule has 2 aromatic carbocycles. The number of rotatable bonds is 6. The Bertz CT molecular complexity index is 1180. The van der Waals surface area contributed by atoms with Crippen LogP contribution in [-0.2, 0) is 9.59 Å². The Hall–Kier alpha value is -3.08. The van der Waals surface area contributed by atoms with Gasteiger partial charge >= 0.3 is 0 Å². The number of hydrogen-bond donors (Lipinski definition) is 3. The first-order valence-electron chi connectivity index (χ1n) is 10.5. The van der Waals surface area contributed by atoms with Gasteiger partial charge in [-0.2, -0.15) is 0 Å². The molecule has 1 fully saturated rings. The van der Waals surface area contributed by atoms with Crippen LogP contribution in [0.25, 0.3) is 10.2 Å². The Morgan fingerprint density at radius 2 is 2.12 bits per heavy atom. The minimum atomic E-state index is -1.10. The molecule has 1 aliphatic heterocycles. The van der Waals surface area contributed by atoms with E-state index < -0.39 is 17.5 Å². The highest BCUT2D eigenvalue weighted by molar-refractivity contribution is 7.22. The fourth-order valence-corrected chi connectivity index (χ4v) is 4.62. The zero-order valence-corrected chi connectivity index (χ0v) is 19.1. The average Bonchev–Trinajstić information content (AvgIpc) is 3.11. The lowest BCUT2D eigenvalue weighted by Crippen LogP contribution is -2.57. The van der Waals surface area contributed by atoms with E-state index in [0.717, 1.165) is 10.2 Å². The van der Waals surface area contributed by atoms with Crippen LogP contribution in [0.3, 0.4) is 0 Å². The molecule has 0 aliphatic carbocycles. The molecule has 3 N–H and O–H groups in total. The number of nitrogens with one attached hydrogen (secondary N) is 2. The third-order valence-electron chi connectivity index (χ3n) is 5.45. The van der Waals surface area contributed by atoms with Gasteiger partial charge in [0, 0.05) is 31.8 Å². The molecule has 0 unspecified atom stereocenters. The second-order valence-corrected chi connectivity index (χ2v) is 9.37. The van der Waals surface area contributed by atoms with Crippen LogP contribution in [0.2, 0.25) is 0 Å². The number of carbonyl (C=O) groups is 2. The van der Waals surface area contributed by atoms with Gasteiger partial charge in [0.1, 0.15) is 23.3 Å². The Morgan fingerprint density at radius 1 is 1.30 bits per heavy atom. The molecule has 1 saturated heterocycles. The lowest BCUT2D eigenvalue weighted by molar-refractivity contribution is -0.122. The van der Waals surface area contributed by atoms with Crippen molar-refractivity contribution in [1.29, 1.82) is 0 Å². The molecule has 1 aromatic heterocycles. The van der Waals surface area contributed by atoms with Crippen LogP contribution in [0.1, 0.15) is 20.3 Å². The van der Waals surface area contributed by atoms with E-state index in [2.05, 4.69) is 15.6 Å². The molecule has 0 spiro atoms. The lowest BCUT2D eigenvalue weighted by atomic mass is 9.90. The normalized spacial score (nSPS) is 21.0. The number of amides is 2. The number of hydrogen-bond acceptors (Lipinski definition) is 7. The van der Waals surface area contributed by atoms with Crippen LogP contribution in [0.15, 0.2) is 42.5 Å². The van der Waals surface area contributed by atoms with Crippen LogP contribution < -0.4 is 15.4 Å². The number of piperidine rings is 1. The number of anilines is 2. The summed E-state index contributed by atoms with van der Waals surface area (Å²) in [5, 5.41) is 16.7. The number of ether oxygens (including phenoxy) is 1. The van der Waals surface area contributed by atoms with E-state index >= 15 is 0 Å². The minimum absolute atomic E-state index is 0.103. The Balaban J connectivity index is 1.38. The van der Waals surface area contributed by atoms with E-state index in [1.807, 2.05) is 11.0 Å². The van der Waals surface area contributed by atoms with Crippen molar-refractivity contribution < 1.29 is 23.8 Å². The summed E-state index contributed by atoms with van der Waals surface area (Å²) in [6, 6.07) is 11.1. The first-order chi connectivity index (χ1) is 15.7. The van der Waals surface area contributed by atoms with Crippen molar-refractivity contribution in [2.45, 2.75) is 32.0 Å². The summed E-state index contributed by atoms with van der Waals surface area (Å²) in [5.41, 5.74) is 0.293. The predicted molar refractivity (Wildman–Crippen MR) is 125 cm³/mol. The van der Waals surface area contributed by atoms with Crippen LogP contribution in [0.5, 0.6) is 5.75 Å². The number of nitrogens with zero attached hydrogens (tertiary/aromatic N) is 2. The fourth-order valence-electron chi connectivity index (χ4n) is 3.70. The van der Waals surface area contributed by atoms with E-state index in [0.29, 0.717) is 36.1 Å². The first kappa shape index (κ1) is 23.1. The highest BCUT2D eigenvalue weighted by Crippen LogP contribution is 2.29. The summed E-state index contributed by atoms with van der Waals surface area (Å²) in [6.07, 6.45) is -0.205. The van der Waals surface area contributed by atoms with Crippen LogP contribution in [0.4, 0.5) is 15.2 Å². The van der Waals surface area contributed by atoms with Crippen molar-refractivity contribution in [1.82, 2.24) is 9.88 Å². The van der Waals surface area contributed by atoms with Gasteiger partial charge in [0.15, 0.2) is 5.13 Å². The maximum absolute atomic E-state index is 13.5. The predicted octanol–water partition coefficient (Wildman–Crippen LogP) is 3.24. The molecule has 174 valence electrons. The standard InChI is InChI=1S/C23H25FN4O4S/c1-14(29)25-16-6-7-18-19(11-16)33-22(26-18)27-21(30)13-28-9-8-23(2,31)20(12-28)32-17-5-3-4-15(24)10-17/h3-7,10-11,20,31H,8-9,12-13H2,1-2H3,(H,25,29)(H,26,27,30)/t20-,23-/m0/s1. The second kappa shape index (κ2) is 9.42. The number of carbonyl (C=O) groups excluding carboxylic acids is 2. The number of thiazole rings is 1. The third-order valence-corrected chi connectivity index (χ3v) is 6.38. The van der Waals surface area contributed by atoms with Gasteiger partial charge in [0.2, 0.25) is 11.8 Å². The zero-order valence-electron chi connectivity index (χ0n) is 18.3. The molecule has 10 heteroatoms. The van der Waals surface area contributed by atoms with Gasteiger partial charge in [0.25, 0.3) is 0 Å². The van der Waals surface area contributed by atoms with Crippen LogP contribution >= 0.6 is 11.3 Å². The smallest absolute Gasteiger partial charge is 0.240 e. The molecular weight excluding hydrogens is 447 g/mol. The largest absolute Gasteiger partial charge is 0.486 e. The molecule has 33 heavy (non-hydrogen) atoms. The Morgan fingerprint density at radius 3 is 2.88 bits per heavy atom. The monoisotopic (exact) mass is 472 g/mol. The molecular formula is C23H25FN4O4S. The number of benzene rings is 2. The van der Waals surface area contributed by atoms with Gasteiger partial charge in [-0.3, -0.25) is 14.5 Å². The van der Waals surface area contributed by atoms with Crippen molar-refractivity contribution >= 4 is 44.2 Å². The molecule has 3 aromatic rings. The van der Waals surface area contributed by atoms with E-state index in [-0.39, 0.29) is 18.4 Å². The van der Waals surface area contributed by atoms with Crippen molar-refractivity contribution in [3.05, 3.63) is 48.3 Å². The topological polar surface area (TPSA) is 104 Å². The van der Waals surface area contributed by atoms with Crippen molar-refractivity contribution in [2.75, 3.05) is 30.3 Å². The third kappa shape index (κ3) is 5.84. The van der Waals surface area contributed by atoms with E-state index in [1.54, 1.807) is 31.2 Å². The van der Waals surface area contributed by atoms with E-state index in [9.17, 15) is 19.1 Å². The van der Waals surface area contributed by atoms with Crippen LogP contribution in [-0.4, -0.2) is 58.1 Å². The Kier molecular flexibility index (Phi) is 6.59. The summed E-state index contributed by atoms with van der Waals surface area (Å²) >= 11 is 1.32. The molecule has 1 aliphatic rings. The van der Waals surface area contributed by atoms with Crippen molar-refractivity contribution in [2.24, 2.45) is 0 Å². The average molecular weight is 473 g/mol. The summed E-state index contributed by atoms with van der Waals surface area (Å²) in [7, 11) is 0. The van der Waals surface area contributed by atoms with Gasteiger partial charge in [-0.1, -0.05) is 17.4 Å². The van der Waals surface area contributed by atoms with Crippen LogP contribution in [0, 0.1) is 5.82 Å². The molecule has 0 bridgehead atoms. The number of likely N-dealkylation sites (tertiary alicyclic amines) is 1. The van der Waals surface area contributed by atoms with Gasteiger partial charge in [-0.25, -0.2) is 9.37 Å². The molecule has 0 radical (unpaired) electrons. The maximum atomic E-state index is 13.5. The highest BCUT2D eigenvalue weighted by Gasteiger charge is 2.40. The molecule has 2 heterocycles. The van der Waals surface area contributed by atoms with Gasteiger partial charge in [0.05, 0.1) is 16.8 Å². The van der Waals surface area contributed by atoms with Gasteiger partial charge < -0.3 is 20.5 Å². The highest BCUT2D eigenvalue weighted by atomic mass is 32.1. The molecule has 2 amide bonds. The summed E-state index contributed by atoms with van der Waals surface area (Å²) < 4.78 is 20.2. The number of aliphatic hydroxyl groups is 1. The van der Waals surface area contributed by atoms with E-state index in [1.165, 1.54) is 30.4 Å². The zero-order chi connectivity index (χ0) is 23.6. The fraction of sp³-hybridized carbons (Fsp3) is 0.348. The molecule has 2 atom stereocenters. The summed E-state index contributed by atoms with van der Waals surface area (Å²) in [4.78, 5) is 30.2. The molecule has 0 saturated carbocycles. The number of fused-ring (bicyclic) bond motifs is 1. The summed E-state index contributed by atoms with van der Waals surface area (Å²) in [6.45, 7) is 4.06. The quantitative estimate of drug-likeness (QED) is 0.509. The lowest BCUT2D eigenvalue weighted by Gasteiger charge is -2.42. The number of aromatic nitrogens is 1. The second-order valence-electron chi connectivity index (χ2n) is 8.34. The van der Waals surface area contributed by atoms with Crippen molar-refractivity contribution in [3.63, 3.8) is 0 Å².